The molecule has 0 fully saturated rings. The Labute approximate surface area is 121 Å². The molecule has 20 heavy (non-hydrogen) atoms. The standard InChI is InChI=1S/C17H23N3/c1-11-6-7-13-12(8-11)9-20(5)10-14-15(13)19-16(18-14)17(2,3)4/h6-8H,9-10H2,1-5H3,(H,18,19). The molecule has 0 bridgehead atoms. The molecule has 0 spiro atoms. The molecule has 0 atom stereocenters. The number of aromatic amines is 1. The third kappa shape index (κ3) is 2.27. The Hall–Kier alpha value is -1.61. The van der Waals surface area contributed by atoms with E-state index in [0.29, 0.717) is 0 Å². The summed E-state index contributed by atoms with van der Waals surface area (Å²) in [5, 5.41) is 0. The van der Waals surface area contributed by atoms with Gasteiger partial charge in [0.1, 0.15) is 5.82 Å². The summed E-state index contributed by atoms with van der Waals surface area (Å²) in [6, 6.07) is 6.71. The van der Waals surface area contributed by atoms with Crippen LogP contribution in [0.15, 0.2) is 18.2 Å². The van der Waals surface area contributed by atoms with Gasteiger partial charge in [0.05, 0.1) is 11.4 Å². The highest BCUT2D eigenvalue weighted by Crippen LogP contribution is 2.33. The van der Waals surface area contributed by atoms with Gasteiger partial charge < -0.3 is 4.98 Å². The average Bonchev–Trinajstić information content (AvgIpc) is 2.67. The zero-order valence-corrected chi connectivity index (χ0v) is 13.0. The number of aromatic nitrogens is 2. The van der Waals surface area contributed by atoms with E-state index in [1.807, 2.05) is 0 Å². The van der Waals surface area contributed by atoms with Crippen molar-refractivity contribution in [3.8, 4) is 11.3 Å². The molecular formula is C17H23N3. The molecule has 1 aromatic carbocycles. The Morgan fingerprint density at radius 2 is 1.95 bits per heavy atom. The fourth-order valence-corrected chi connectivity index (χ4v) is 2.80. The molecule has 3 nitrogen and oxygen atoms in total. The third-order valence-corrected chi connectivity index (χ3v) is 3.88. The minimum atomic E-state index is 0.0512. The molecule has 0 radical (unpaired) electrons. The van der Waals surface area contributed by atoms with Crippen LogP contribution in [0.4, 0.5) is 0 Å². The maximum absolute atomic E-state index is 4.86. The summed E-state index contributed by atoms with van der Waals surface area (Å²) in [4.78, 5) is 10.8. The van der Waals surface area contributed by atoms with Gasteiger partial charge in [-0.05, 0) is 19.5 Å². The summed E-state index contributed by atoms with van der Waals surface area (Å²) >= 11 is 0. The first kappa shape index (κ1) is 13.4. The summed E-state index contributed by atoms with van der Waals surface area (Å²) in [5.74, 6) is 1.07. The van der Waals surface area contributed by atoms with Crippen molar-refractivity contribution >= 4 is 0 Å². The Morgan fingerprint density at radius 3 is 2.65 bits per heavy atom. The molecule has 3 rings (SSSR count). The van der Waals surface area contributed by atoms with E-state index in [0.717, 1.165) is 18.9 Å². The molecule has 0 saturated heterocycles. The zero-order valence-electron chi connectivity index (χ0n) is 13.0. The molecule has 0 saturated carbocycles. The van der Waals surface area contributed by atoms with Crippen LogP contribution in [0.2, 0.25) is 0 Å². The smallest absolute Gasteiger partial charge is 0.112 e. The lowest BCUT2D eigenvalue weighted by Crippen LogP contribution is -2.17. The topological polar surface area (TPSA) is 31.9 Å². The minimum Gasteiger partial charge on any atom is -0.341 e. The highest BCUT2D eigenvalue weighted by Gasteiger charge is 2.25. The van der Waals surface area contributed by atoms with E-state index in [4.69, 9.17) is 4.98 Å². The predicted octanol–water partition coefficient (Wildman–Crippen LogP) is 3.63. The molecule has 3 heteroatoms. The number of fused-ring (bicyclic) bond motifs is 3. The van der Waals surface area contributed by atoms with E-state index in [-0.39, 0.29) is 5.41 Å². The first-order valence-electron chi connectivity index (χ1n) is 7.22. The second-order valence-corrected chi connectivity index (χ2v) is 6.99. The Morgan fingerprint density at radius 1 is 1.20 bits per heavy atom. The van der Waals surface area contributed by atoms with E-state index in [1.165, 1.54) is 28.1 Å². The second-order valence-electron chi connectivity index (χ2n) is 6.99. The van der Waals surface area contributed by atoms with Gasteiger partial charge in [-0.25, -0.2) is 4.98 Å². The number of rotatable bonds is 0. The number of benzene rings is 1. The van der Waals surface area contributed by atoms with Crippen molar-refractivity contribution in [1.29, 1.82) is 0 Å². The number of nitrogens with one attached hydrogen (secondary N) is 1. The molecular weight excluding hydrogens is 246 g/mol. The zero-order chi connectivity index (χ0) is 14.5. The van der Waals surface area contributed by atoms with Gasteiger partial charge in [0.2, 0.25) is 0 Å². The number of hydrogen-bond donors (Lipinski definition) is 1. The molecule has 0 unspecified atom stereocenters. The molecule has 1 aromatic heterocycles. The van der Waals surface area contributed by atoms with Gasteiger partial charge in [-0.1, -0.05) is 44.5 Å². The van der Waals surface area contributed by atoms with Crippen LogP contribution in [0.3, 0.4) is 0 Å². The van der Waals surface area contributed by atoms with E-state index in [1.54, 1.807) is 0 Å². The fourth-order valence-electron chi connectivity index (χ4n) is 2.80. The van der Waals surface area contributed by atoms with E-state index < -0.39 is 0 Å². The van der Waals surface area contributed by atoms with Crippen LogP contribution in [0.25, 0.3) is 11.3 Å². The number of H-pyrrole nitrogens is 1. The maximum Gasteiger partial charge on any atom is 0.112 e. The van der Waals surface area contributed by atoms with E-state index in [2.05, 4.69) is 62.8 Å². The van der Waals surface area contributed by atoms with Gasteiger partial charge in [0.15, 0.2) is 0 Å². The summed E-state index contributed by atoms with van der Waals surface area (Å²) in [7, 11) is 2.16. The molecule has 1 aliphatic heterocycles. The van der Waals surface area contributed by atoms with Crippen LogP contribution >= 0.6 is 0 Å². The van der Waals surface area contributed by atoms with Crippen molar-refractivity contribution in [1.82, 2.24) is 14.9 Å². The first-order chi connectivity index (χ1) is 9.34. The third-order valence-electron chi connectivity index (χ3n) is 3.88. The number of hydrogen-bond acceptors (Lipinski definition) is 2. The lowest BCUT2D eigenvalue weighted by Gasteiger charge is -2.16. The Balaban J connectivity index is 2.20. The lowest BCUT2D eigenvalue weighted by molar-refractivity contribution is 0.319. The van der Waals surface area contributed by atoms with Gasteiger partial charge in [-0.15, -0.1) is 0 Å². The lowest BCUT2D eigenvalue weighted by atomic mass is 9.96. The Bertz CT molecular complexity index is 647. The van der Waals surface area contributed by atoms with Crippen molar-refractivity contribution in [3.05, 3.63) is 40.8 Å². The largest absolute Gasteiger partial charge is 0.341 e. The molecule has 0 aliphatic carbocycles. The van der Waals surface area contributed by atoms with Gasteiger partial charge in [0.25, 0.3) is 0 Å². The molecule has 1 aliphatic rings. The van der Waals surface area contributed by atoms with Crippen LogP contribution < -0.4 is 0 Å². The van der Waals surface area contributed by atoms with Gasteiger partial charge >= 0.3 is 0 Å². The van der Waals surface area contributed by atoms with Crippen LogP contribution in [-0.4, -0.2) is 21.9 Å². The number of nitrogens with zero attached hydrogens (tertiary/aromatic N) is 2. The van der Waals surface area contributed by atoms with Crippen molar-refractivity contribution in [3.63, 3.8) is 0 Å². The first-order valence-corrected chi connectivity index (χ1v) is 7.22. The van der Waals surface area contributed by atoms with Crippen LogP contribution in [0.5, 0.6) is 0 Å². The van der Waals surface area contributed by atoms with Crippen LogP contribution in [0.1, 0.15) is 43.4 Å². The Kier molecular flexibility index (Phi) is 2.98. The minimum absolute atomic E-state index is 0.0512. The van der Waals surface area contributed by atoms with Crippen molar-refractivity contribution in [2.45, 2.75) is 46.2 Å². The van der Waals surface area contributed by atoms with Crippen LogP contribution in [-0.2, 0) is 18.5 Å². The monoisotopic (exact) mass is 269 g/mol. The quantitative estimate of drug-likeness (QED) is 0.792. The normalized spacial score (nSPS) is 15.7. The SMILES string of the molecule is Cc1ccc2c(c1)CN(C)Cc1nc(C(C)(C)C)[nH]c1-2. The molecule has 106 valence electrons. The van der Waals surface area contributed by atoms with Gasteiger partial charge in [-0.3, -0.25) is 4.90 Å². The highest BCUT2D eigenvalue weighted by atomic mass is 15.1. The molecule has 2 aromatic rings. The summed E-state index contributed by atoms with van der Waals surface area (Å²) in [5.41, 5.74) is 6.43. The number of aryl methyl sites for hydroxylation is 1. The van der Waals surface area contributed by atoms with E-state index >= 15 is 0 Å². The summed E-state index contributed by atoms with van der Waals surface area (Å²) in [6.45, 7) is 10.6. The fraction of sp³-hybridized carbons (Fsp3) is 0.471. The molecule has 2 heterocycles. The van der Waals surface area contributed by atoms with Gasteiger partial charge in [0, 0.05) is 24.1 Å². The van der Waals surface area contributed by atoms with Gasteiger partial charge in [-0.2, -0.15) is 0 Å². The van der Waals surface area contributed by atoms with Crippen molar-refractivity contribution < 1.29 is 0 Å². The van der Waals surface area contributed by atoms with Crippen molar-refractivity contribution in [2.75, 3.05) is 7.05 Å². The van der Waals surface area contributed by atoms with Crippen LogP contribution in [0, 0.1) is 6.92 Å². The second kappa shape index (κ2) is 4.45. The molecule has 1 N–H and O–H groups in total. The maximum atomic E-state index is 4.86. The highest BCUT2D eigenvalue weighted by molar-refractivity contribution is 5.67. The average molecular weight is 269 g/mol. The van der Waals surface area contributed by atoms with Crippen molar-refractivity contribution in [2.24, 2.45) is 0 Å². The summed E-state index contributed by atoms with van der Waals surface area (Å²) < 4.78 is 0. The van der Waals surface area contributed by atoms with E-state index in [9.17, 15) is 0 Å². The summed E-state index contributed by atoms with van der Waals surface area (Å²) in [6.07, 6.45) is 0. The predicted molar refractivity (Wildman–Crippen MR) is 82.6 cm³/mol. The number of imidazole rings is 1. The molecule has 0 amide bonds.